The van der Waals surface area contributed by atoms with E-state index in [1.165, 1.54) is 34.1 Å². The van der Waals surface area contributed by atoms with Crippen LogP contribution in [0.25, 0.3) is 45.0 Å². The van der Waals surface area contributed by atoms with Crippen LogP contribution in [0.2, 0.25) is 0 Å². The number of hydrogen-bond donors (Lipinski definition) is 8. The molecule has 4 aromatic heterocycles. The summed E-state index contributed by atoms with van der Waals surface area (Å²) in [5.41, 5.74) is 18.1. The molecule has 8 aromatic carbocycles. The predicted molar refractivity (Wildman–Crippen MR) is 546 cm³/mol. The lowest BCUT2D eigenvalue weighted by atomic mass is 9.84. The van der Waals surface area contributed by atoms with Gasteiger partial charge in [-0.2, -0.15) is 0 Å². The van der Waals surface area contributed by atoms with E-state index in [0.29, 0.717) is 53.9 Å². The fourth-order valence-corrected chi connectivity index (χ4v) is 16.7. The van der Waals surface area contributed by atoms with Gasteiger partial charge in [0.1, 0.15) is 0 Å². The number of nitrogens with one attached hydrogen (secondary N) is 8. The SMILES string of the molecule is CC(=O)Nc1ccc(-c2ccnc(Nc3ccc(N4CCN(C(=O)C(C)C)CC4)cc3)n2)cc1.CC(=O)Nc1ccc(-c2ccnc(Nc3ccc(N4CCN(C(=O)C5CC5)CC4)cc3)n2)cc1.CC(=O)Nc1ccc(-c2ccnc(Nc3ccc(N4CCN(C(=O)C5CCC5)CC4)cc3)n2)cc1.CC(=O)Nc1ccc(-c2ccnc(Nc3ccc(N4CCN(C(=O)CC(C)C)CC4)cc3)n2)cc1. The Kier molecular flexibility index (Phi) is 32.6. The summed E-state index contributed by atoms with van der Waals surface area (Å²) in [6.45, 7) is 27.0. The largest absolute Gasteiger partial charge is 0.368 e. The zero-order chi connectivity index (χ0) is 96.6. The van der Waals surface area contributed by atoms with Crippen molar-refractivity contribution in [1.82, 2.24) is 59.5 Å². The van der Waals surface area contributed by atoms with Crippen molar-refractivity contribution in [2.75, 3.05) is 167 Å². The lowest BCUT2D eigenvalue weighted by molar-refractivity contribution is -0.138. The number of carbonyl (C=O) groups is 8. The quantitative estimate of drug-likeness (QED) is 0.0263. The molecule has 2 saturated carbocycles. The minimum Gasteiger partial charge on any atom is -0.368 e. The summed E-state index contributed by atoms with van der Waals surface area (Å²) in [6, 6.07) is 70.4. The zero-order valence-corrected chi connectivity index (χ0v) is 79.4. The van der Waals surface area contributed by atoms with Gasteiger partial charge in [0.05, 0.1) is 22.8 Å². The first-order chi connectivity index (χ1) is 66.8. The van der Waals surface area contributed by atoms with Gasteiger partial charge in [0.15, 0.2) is 0 Å². The van der Waals surface area contributed by atoms with Crippen molar-refractivity contribution in [3.63, 3.8) is 0 Å². The van der Waals surface area contributed by atoms with Crippen molar-refractivity contribution in [3.8, 4) is 45.0 Å². The molecule has 4 aliphatic heterocycles. The molecule has 712 valence electrons. The summed E-state index contributed by atoms with van der Waals surface area (Å²) in [6.07, 6.45) is 12.9. The standard InChI is InChI=1S/C27H30N6O2.C27H32N6O2.C26H28N6O2.C26H30N6O2/c1-19(34)29-22-7-5-20(6-8-22)25-13-14-28-27(31-25)30-23-9-11-24(12-10-23)32-15-17-33(18-16-32)26(35)21-3-2-4-21;1-19(2)18-26(35)33-16-14-32(15-17-33)24-10-8-23(9-11-24)30-27-28-13-12-25(31-27)21-4-6-22(7-5-21)29-20(3)34;1-18(33)28-21-6-4-19(5-7-21)24-12-13-27-26(30-24)29-22-8-10-23(11-9-22)31-14-16-32(17-15-31)25(34)20-2-3-20;1-18(2)25(34)32-16-14-31(15-17-32)23-10-8-22(9-11-23)29-26-27-13-12-24(30-26)20-4-6-21(7-5-20)28-19(3)33/h5-14,21H,2-4,15-18H2,1H3,(H,29,34)(H,28,30,31);4-13,19H,14-18H2,1-3H3,(H,29,34)(H,28,30,31);4-13,20H,2-3,14-17H2,1H3,(H,28,33)(H,27,29,30);4-13,18H,14-17H2,1-3H3,(H,28,33)(H,27,29,30). The maximum Gasteiger partial charge on any atom is 0.227 e. The van der Waals surface area contributed by atoms with E-state index in [1.807, 2.05) is 203 Å². The number of aromatic nitrogens is 8. The molecule has 32 nitrogen and oxygen atoms in total. The summed E-state index contributed by atoms with van der Waals surface area (Å²) in [4.78, 5) is 147. The highest BCUT2D eigenvalue weighted by atomic mass is 16.2. The number of amides is 8. The molecular formula is C106H120N24O8. The monoisotopic (exact) mass is 1860 g/mol. The molecule has 8 amide bonds. The Hall–Kier alpha value is -15.8. The van der Waals surface area contributed by atoms with Crippen molar-refractivity contribution in [1.29, 1.82) is 0 Å². The van der Waals surface area contributed by atoms with E-state index in [2.05, 4.69) is 164 Å². The van der Waals surface area contributed by atoms with Crippen LogP contribution in [0.1, 0.15) is 93.9 Å². The molecule has 0 unspecified atom stereocenters. The third-order valence-corrected chi connectivity index (χ3v) is 24.4. The van der Waals surface area contributed by atoms with Crippen LogP contribution in [0, 0.1) is 23.7 Å². The molecule has 4 saturated heterocycles. The lowest BCUT2D eigenvalue weighted by Gasteiger charge is -2.39. The van der Waals surface area contributed by atoms with Gasteiger partial charge in [0.25, 0.3) is 0 Å². The smallest absolute Gasteiger partial charge is 0.227 e. The average molecular weight is 1860 g/mol. The molecule has 138 heavy (non-hydrogen) atoms. The Morgan fingerprint density at radius 1 is 0.283 bits per heavy atom. The molecular weight excluding hydrogens is 1740 g/mol. The normalized spacial score (nSPS) is 14.7. The third-order valence-electron chi connectivity index (χ3n) is 24.4. The highest BCUT2D eigenvalue weighted by Gasteiger charge is 2.36. The molecule has 2 aliphatic carbocycles. The second kappa shape index (κ2) is 46.5. The fraction of sp³-hybridized carbons (Fsp3) is 0.321. The maximum absolute atomic E-state index is 12.5. The van der Waals surface area contributed by atoms with Crippen LogP contribution in [0.4, 0.5) is 92.0 Å². The summed E-state index contributed by atoms with van der Waals surface area (Å²) >= 11 is 0. The van der Waals surface area contributed by atoms with Crippen LogP contribution in [-0.4, -0.2) is 211 Å². The second-order valence-corrected chi connectivity index (χ2v) is 35.7. The van der Waals surface area contributed by atoms with Crippen molar-refractivity contribution < 1.29 is 38.4 Å². The Labute approximate surface area is 805 Å². The highest BCUT2D eigenvalue weighted by Crippen LogP contribution is 2.35. The number of carbonyl (C=O) groups excluding carboxylic acids is 8. The van der Waals surface area contributed by atoms with Gasteiger partial charge in [-0.25, -0.2) is 39.9 Å². The van der Waals surface area contributed by atoms with Gasteiger partial charge in [-0.1, -0.05) is 82.6 Å². The Balaban J connectivity index is 0.000000140. The fourth-order valence-electron chi connectivity index (χ4n) is 16.7. The summed E-state index contributed by atoms with van der Waals surface area (Å²) < 4.78 is 0. The molecule has 6 aliphatic rings. The molecule has 8 heterocycles. The van der Waals surface area contributed by atoms with E-state index in [9.17, 15) is 38.4 Å². The molecule has 8 N–H and O–H groups in total. The Morgan fingerprint density at radius 3 is 0.732 bits per heavy atom. The molecule has 12 aromatic rings. The molecule has 0 spiro atoms. The first kappa shape index (κ1) is 96.8. The van der Waals surface area contributed by atoms with E-state index >= 15 is 0 Å². The van der Waals surface area contributed by atoms with Gasteiger partial charge in [-0.3, -0.25) is 38.4 Å². The van der Waals surface area contributed by atoms with Crippen LogP contribution < -0.4 is 62.1 Å². The number of benzene rings is 8. The predicted octanol–water partition coefficient (Wildman–Crippen LogP) is 16.9. The average Bonchev–Trinajstić information content (AvgIpc) is 1.74. The number of nitrogens with zero attached hydrogens (tertiary/aromatic N) is 16. The van der Waals surface area contributed by atoms with E-state index in [-0.39, 0.29) is 47.3 Å². The topological polar surface area (TPSA) is 362 Å². The van der Waals surface area contributed by atoms with Gasteiger partial charge in [0.2, 0.25) is 71.1 Å². The molecule has 0 bridgehead atoms. The van der Waals surface area contributed by atoms with E-state index < -0.39 is 0 Å². The van der Waals surface area contributed by atoms with E-state index in [0.717, 1.165) is 244 Å². The van der Waals surface area contributed by atoms with Gasteiger partial charge in [-0.15, -0.1) is 0 Å². The number of anilines is 16. The van der Waals surface area contributed by atoms with Gasteiger partial charge >= 0.3 is 0 Å². The summed E-state index contributed by atoms with van der Waals surface area (Å²) in [7, 11) is 0. The molecule has 0 atom stereocenters. The van der Waals surface area contributed by atoms with Crippen LogP contribution in [-0.2, 0) is 38.4 Å². The van der Waals surface area contributed by atoms with Crippen molar-refractivity contribution in [2.45, 2.75) is 93.9 Å². The van der Waals surface area contributed by atoms with Gasteiger partial charge in [0, 0.05) is 272 Å². The first-order valence-corrected chi connectivity index (χ1v) is 47.3. The lowest BCUT2D eigenvalue weighted by Crippen LogP contribution is -2.51. The number of piperazine rings is 4. The minimum absolute atomic E-state index is 0.0423. The van der Waals surface area contributed by atoms with E-state index in [1.54, 1.807) is 24.8 Å². The summed E-state index contributed by atoms with van der Waals surface area (Å²) in [5.74, 6) is 3.83. The maximum atomic E-state index is 12.5. The van der Waals surface area contributed by atoms with Gasteiger partial charge < -0.3 is 81.7 Å². The van der Waals surface area contributed by atoms with Gasteiger partial charge in [-0.05, 0) is 201 Å². The summed E-state index contributed by atoms with van der Waals surface area (Å²) in [5, 5.41) is 24.1. The minimum atomic E-state index is -0.101. The number of hydrogen-bond acceptors (Lipinski definition) is 24. The first-order valence-electron chi connectivity index (χ1n) is 47.3. The van der Waals surface area contributed by atoms with Crippen LogP contribution in [0.5, 0.6) is 0 Å². The van der Waals surface area contributed by atoms with Crippen molar-refractivity contribution in [3.05, 3.63) is 243 Å². The zero-order valence-electron chi connectivity index (χ0n) is 79.4. The molecule has 6 fully saturated rings. The Morgan fingerprint density at radius 2 is 0.514 bits per heavy atom. The molecule has 32 heteroatoms. The number of rotatable bonds is 25. The highest BCUT2D eigenvalue weighted by molar-refractivity contribution is 5.92. The van der Waals surface area contributed by atoms with Crippen LogP contribution in [0.3, 0.4) is 0 Å². The second-order valence-electron chi connectivity index (χ2n) is 35.7. The van der Waals surface area contributed by atoms with Crippen LogP contribution in [0.15, 0.2) is 243 Å². The third kappa shape index (κ3) is 27.5. The van der Waals surface area contributed by atoms with Crippen molar-refractivity contribution in [2.24, 2.45) is 23.7 Å². The molecule has 18 rings (SSSR count). The Bertz CT molecular complexity index is 5960. The van der Waals surface area contributed by atoms with Crippen molar-refractivity contribution >= 4 is 139 Å². The molecule has 0 radical (unpaired) electrons. The van der Waals surface area contributed by atoms with E-state index in [4.69, 9.17) is 0 Å². The van der Waals surface area contributed by atoms with Crippen LogP contribution >= 0.6 is 0 Å².